The number of nitrogens with zero attached hydrogens (tertiary/aromatic N) is 2. The largest absolute Gasteiger partial charge is 0.369 e. The first-order chi connectivity index (χ1) is 9.63. The van der Waals surface area contributed by atoms with Crippen LogP contribution in [0.25, 0.3) is 0 Å². The molecule has 0 bridgehead atoms. The van der Waals surface area contributed by atoms with Crippen molar-refractivity contribution >= 4 is 5.91 Å². The molecule has 0 spiro atoms. The van der Waals surface area contributed by atoms with E-state index in [0.717, 1.165) is 31.4 Å². The van der Waals surface area contributed by atoms with E-state index in [4.69, 9.17) is 11.5 Å². The zero-order chi connectivity index (χ0) is 14.5. The normalized spacial score (nSPS) is 23.2. The van der Waals surface area contributed by atoms with Gasteiger partial charge in [-0.1, -0.05) is 13.0 Å². The van der Waals surface area contributed by atoms with Crippen LogP contribution in [0.2, 0.25) is 0 Å². The fraction of sp³-hybridized carbons (Fsp3) is 0.600. The number of amides is 1. The summed E-state index contributed by atoms with van der Waals surface area (Å²) in [6.07, 6.45) is 6.39. The van der Waals surface area contributed by atoms with Gasteiger partial charge in [0.25, 0.3) is 0 Å². The van der Waals surface area contributed by atoms with E-state index in [9.17, 15) is 4.79 Å². The number of nitrogens with two attached hydrogens (primary N) is 2. The maximum atomic E-state index is 11.5. The Labute approximate surface area is 120 Å². The number of pyridine rings is 1. The molecule has 0 saturated carbocycles. The van der Waals surface area contributed by atoms with Crippen LogP contribution in [-0.2, 0) is 4.79 Å². The predicted molar refractivity (Wildman–Crippen MR) is 78.7 cm³/mol. The molecule has 1 amide bonds. The van der Waals surface area contributed by atoms with Crippen LogP contribution in [0.4, 0.5) is 0 Å². The van der Waals surface area contributed by atoms with E-state index in [1.165, 1.54) is 0 Å². The van der Waals surface area contributed by atoms with Gasteiger partial charge in [0.05, 0.1) is 12.0 Å². The quantitative estimate of drug-likeness (QED) is 0.842. The van der Waals surface area contributed by atoms with Crippen molar-refractivity contribution in [1.82, 2.24) is 9.88 Å². The Morgan fingerprint density at radius 3 is 3.00 bits per heavy atom. The first kappa shape index (κ1) is 14.9. The third kappa shape index (κ3) is 3.35. The average molecular weight is 276 g/mol. The standard InChI is InChI=1S/C15H24N4O/c1-2-13(16)14(11-5-3-7-18-9-11)19-8-4-6-12(10-19)15(17)20/h3,5,7,9,12-14H,2,4,6,8,10,16H2,1H3,(H2,17,20). The van der Waals surface area contributed by atoms with Gasteiger partial charge in [-0.25, -0.2) is 0 Å². The summed E-state index contributed by atoms with van der Waals surface area (Å²) < 4.78 is 0. The third-order valence-electron chi connectivity index (χ3n) is 4.15. The molecule has 3 atom stereocenters. The zero-order valence-corrected chi connectivity index (χ0v) is 12.0. The number of rotatable bonds is 5. The van der Waals surface area contributed by atoms with Gasteiger partial charge < -0.3 is 11.5 Å². The first-order valence-corrected chi connectivity index (χ1v) is 7.32. The molecular formula is C15H24N4O. The van der Waals surface area contributed by atoms with E-state index in [2.05, 4.69) is 22.9 Å². The molecule has 1 fully saturated rings. The number of carbonyl (C=O) groups excluding carboxylic acids is 1. The molecule has 1 aliphatic heterocycles. The van der Waals surface area contributed by atoms with Gasteiger partial charge in [-0.2, -0.15) is 0 Å². The summed E-state index contributed by atoms with van der Waals surface area (Å²) in [6, 6.07) is 4.13. The molecule has 0 aromatic carbocycles. The highest BCUT2D eigenvalue weighted by molar-refractivity contribution is 5.76. The van der Waals surface area contributed by atoms with Crippen molar-refractivity contribution in [1.29, 1.82) is 0 Å². The van der Waals surface area contributed by atoms with Crippen molar-refractivity contribution in [3.05, 3.63) is 30.1 Å². The van der Waals surface area contributed by atoms with Crippen molar-refractivity contribution in [3.8, 4) is 0 Å². The summed E-state index contributed by atoms with van der Waals surface area (Å²) in [7, 11) is 0. The van der Waals surface area contributed by atoms with Gasteiger partial charge in [0.2, 0.25) is 5.91 Å². The Morgan fingerprint density at radius 2 is 2.40 bits per heavy atom. The maximum Gasteiger partial charge on any atom is 0.221 e. The van der Waals surface area contributed by atoms with E-state index in [-0.39, 0.29) is 23.9 Å². The monoisotopic (exact) mass is 276 g/mol. The molecule has 1 saturated heterocycles. The van der Waals surface area contributed by atoms with Gasteiger partial charge in [0, 0.05) is 25.0 Å². The second kappa shape index (κ2) is 6.81. The van der Waals surface area contributed by atoms with E-state index < -0.39 is 0 Å². The van der Waals surface area contributed by atoms with Gasteiger partial charge >= 0.3 is 0 Å². The van der Waals surface area contributed by atoms with Gasteiger partial charge in [0.1, 0.15) is 0 Å². The van der Waals surface area contributed by atoms with Crippen LogP contribution in [0.1, 0.15) is 37.8 Å². The summed E-state index contributed by atoms with van der Waals surface area (Å²) in [4.78, 5) is 17.9. The highest BCUT2D eigenvalue weighted by Gasteiger charge is 2.32. The maximum absolute atomic E-state index is 11.5. The number of hydrogen-bond donors (Lipinski definition) is 2. The molecule has 2 heterocycles. The van der Waals surface area contributed by atoms with E-state index >= 15 is 0 Å². The Hall–Kier alpha value is -1.46. The lowest BCUT2D eigenvalue weighted by atomic mass is 9.91. The number of likely N-dealkylation sites (tertiary alicyclic amines) is 1. The van der Waals surface area contributed by atoms with E-state index in [0.29, 0.717) is 6.54 Å². The zero-order valence-electron chi connectivity index (χ0n) is 12.0. The molecule has 1 aliphatic rings. The Kier molecular flexibility index (Phi) is 5.09. The Bertz CT molecular complexity index is 437. The first-order valence-electron chi connectivity index (χ1n) is 7.32. The molecular weight excluding hydrogens is 252 g/mol. The minimum Gasteiger partial charge on any atom is -0.369 e. The summed E-state index contributed by atoms with van der Waals surface area (Å²) in [6.45, 7) is 3.74. The van der Waals surface area contributed by atoms with Crippen molar-refractivity contribution in [2.45, 2.75) is 38.3 Å². The summed E-state index contributed by atoms with van der Waals surface area (Å²) >= 11 is 0. The number of carbonyl (C=O) groups is 1. The second-order valence-corrected chi connectivity index (χ2v) is 5.54. The highest BCUT2D eigenvalue weighted by Crippen LogP contribution is 2.29. The molecule has 4 N–H and O–H groups in total. The van der Waals surface area contributed by atoms with Crippen LogP contribution >= 0.6 is 0 Å². The third-order valence-corrected chi connectivity index (χ3v) is 4.15. The minimum absolute atomic E-state index is 0.0332. The van der Waals surface area contributed by atoms with Gasteiger partial charge in [-0.15, -0.1) is 0 Å². The molecule has 5 heteroatoms. The fourth-order valence-corrected chi connectivity index (χ4v) is 2.99. The molecule has 2 rings (SSSR count). The summed E-state index contributed by atoms with van der Waals surface area (Å²) in [5.74, 6) is -0.267. The molecule has 20 heavy (non-hydrogen) atoms. The minimum atomic E-state index is -0.204. The molecule has 5 nitrogen and oxygen atoms in total. The number of hydrogen-bond acceptors (Lipinski definition) is 4. The fourth-order valence-electron chi connectivity index (χ4n) is 2.99. The van der Waals surface area contributed by atoms with Crippen LogP contribution < -0.4 is 11.5 Å². The predicted octanol–water partition coefficient (Wildman–Crippen LogP) is 1.06. The second-order valence-electron chi connectivity index (χ2n) is 5.54. The lowest BCUT2D eigenvalue weighted by Gasteiger charge is -2.40. The van der Waals surface area contributed by atoms with Gasteiger partial charge in [-0.3, -0.25) is 14.7 Å². The topological polar surface area (TPSA) is 85.2 Å². The molecule has 0 aliphatic carbocycles. The number of primary amides is 1. The van der Waals surface area contributed by atoms with E-state index in [1.54, 1.807) is 6.20 Å². The van der Waals surface area contributed by atoms with Crippen LogP contribution in [0.3, 0.4) is 0 Å². The average Bonchev–Trinajstić information content (AvgIpc) is 2.48. The SMILES string of the molecule is CCC(N)C(c1cccnc1)N1CCCC(C(N)=O)C1. The van der Waals surface area contributed by atoms with Gasteiger partial charge in [-0.05, 0) is 37.4 Å². The molecule has 1 aromatic rings. The summed E-state index contributed by atoms with van der Waals surface area (Å²) in [5, 5.41) is 0. The van der Waals surface area contributed by atoms with Crippen molar-refractivity contribution in [2.24, 2.45) is 17.4 Å². The lowest BCUT2D eigenvalue weighted by molar-refractivity contribution is -0.123. The Morgan fingerprint density at radius 1 is 1.60 bits per heavy atom. The van der Waals surface area contributed by atoms with E-state index in [1.807, 2.05) is 12.3 Å². The van der Waals surface area contributed by atoms with Crippen molar-refractivity contribution in [2.75, 3.05) is 13.1 Å². The molecule has 1 aromatic heterocycles. The molecule has 0 radical (unpaired) electrons. The van der Waals surface area contributed by atoms with Crippen LogP contribution in [0.15, 0.2) is 24.5 Å². The van der Waals surface area contributed by atoms with Crippen molar-refractivity contribution < 1.29 is 4.79 Å². The smallest absolute Gasteiger partial charge is 0.221 e. The van der Waals surface area contributed by atoms with Crippen LogP contribution in [0.5, 0.6) is 0 Å². The molecule has 110 valence electrons. The number of piperidine rings is 1. The van der Waals surface area contributed by atoms with Gasteiger partial charge in [0.15, 0.2) is 0 Å². The molecule has 3 unspecified atom stereocenters. The Balaban J connectivity index is 2.21. The lowest BCUT2D eigenvalue weighted by Crippen LogP contribution is -2.48. The van der Waals surface area contributed by atoms with Crippen molar-refractivity contribution in [3.63, 3.8) is 0 Å². The summed E-state index contributed by atoms with van der Waals surface area (Å²) in [5.41, 5.74) is 12.9. The van der Waals surface area contributed by atoms with Crippen LogP contribution in [0, 0.1) is 5.92 Å². The number of aromatic nitrogens is 1. The highest BCUT2D eigenvalue weighted by atomic mass is 16.1. The van der Waals surface area contributed by atoms with Crippen LogP contribution in [-0.4, -0.2) is 34.9 Å².